The first kappa shape index (κ1) is 22.8. The van der Waals surface area contributed by atoms with Gasteiger partial charge in [-0.25, -0.2) is 5.43 Å². The molecule has 0 spiro atoms. The average Bonchev–Trinajstić information content (AvgIpc) is 3.33. The van der Waals surface area contributed by atoms with Crippen LogP contribution in [0.15, 0.2) is 45.9 Å². The first-order valence-corrected chi connectivity index (χ1v) is 10.7. The fourth-order valence-corrected chi connectivity index (χ4v) is 4.03. The first-order chi connectivity index (χ1) is 15.8. The van der Waals surface area contributed by atoms with Crippen molar-refractivity contribution in [3.63, 3.8) is 0 Å². The Bertz CT molecular complexity index is 1220. The molecule has 4 rings (SSSR count). The number of nitrogens with zero attached hydrogens (tertiary/aromatic N) is 2. The van der Waals surface area contributed by atoms with Gasteiger partial charge in [-0.15, -0.1) is 0 Å². The maximum Gasteiger partial charge on any atom is 0.432 e. The molecular formula is C24H24F3N3O3. The fraction of sp³-hybridized carbons (Fsp3) is 0.333. The van der Waals surface area contributed by atoms with Crippen LogP contribution in [0.2, 0.25) is 0 Å². The van der Waals surface area contributed by atoms with E-state index in [0.29, 0.717) is 29.2 Å². The molecule has 0 aliphatic heterocycles. The highest BCUT2D eigenvalue weighted by atomic mass is 19.4. The minimum Gasteiger partial charge on any atom is -0.451 e. The topological polar surface area (TPSA) is 68.8 Å². The van der Waals surface area contributed by atoms with Crippen LogP contribution in [-0.4, -0.2) is 29.9 Å². The Morgan fingerprint density at radius 3 is 2.91 bits per heavy atom. The molecule has 3 aromatic rings. The van der Waals surface area contributed by atoms with Gasteiger partial charge in [-0.2, -0.15) is 18.3 Å². The Balaban J connectivity index is 1.63. The third kappa shape index (κ3) is 4.73. The number of allylic oxidation sites excluding steroid dienone is 1. The van der Waals surface area contributed by atoms with E-state index in [9.17, 15) is 18.0 Å². The molecule has 174 valence electrons. The maximum absolute atomic E-state index is 14.0. The highest BCUT2D eigenvalue weighted by Gasteiger charge is 2.38. The van der Waals surface area contributed by atoms with E-state index in [2.05, 4.69) is 17.5 Å². The number of amides is 1. The molecule has 0 radical (unpaired) electrons. The number of hydrogen-bond donors (Lipinski definition) is 1. The molecule has 1 aliphatic carbocycles. The lowest BCUT2D eigenvalue weighted by Gasteiger charge is -2.14. The largest absolute Gasteiger partial charge is 0.451 e. The van der Waals surface area contributed by atoms with Gasteiger partial charge in [0.1, 0.15) is 11.5 Å². The Labute approximate surface area is 188 Å². The molecule has 0 saturated heterocycles. The van der Waals surface area contributed by atoms with Crippen molar-refractivity contribution < 1.29 is 27.1 Å². The molecule has 6 nitrogen and oxygen atoms in total. The molecule has 1 atom stereocenters. The van der Waals surface area contributed by atoms with E-state index in [-0.39, 0.29) is 24.5 Å². The number of carbonyl (C=O) groups is 1. The van der Waals surface area contributed by atoms with E-state index >= 15 is 0 Å². The number of alkyl halides is 3. The maximum atomic E-state index is 14.0. The van der Waals surface area contributed by atoms with Gasteiger partial charge >= 0.3 is 12.1 Å². The minimum absolute atomic E-state index is 0.0350. The minimum atomic E-state index is -4.63. The molecule has 1 amide bonds. The zero-order chi connectivity index (χ0) is 23.6. The number of hydrogen-bond acceptors (Lipinski definition) is 4. The van der Waals surface area contributed by atoms with Crippen LogP contribution in [-0.2, 0) is 23.9 Å². The predicted octanol–water partition coefficient (Wildman–Crippen LogP) is 5.26. The molecule has 1 aromatic carbocycles. The van der Waals surface area contributed by atoms with E-state index < -0.39 is 17.8 Å². The zero-order valence-corrected chi connectivity index (χ0v) is 18.3. The number of benzene rings is 1. The summed E-state index contributed by atoms with van der Waals surface area (Å²) < 4.78 is 54.1. The van der Waals surface area contributed by atoms with Crippen molar-refractivity contribution in [2.24, 2.45) is 11.0 Å². The second kappa shape index (κ2) is 9.27. The lowest BCUT2D eigenvalue weighted by molar-refractivity contribution is -0.143. The molecule has 0 fully saturated rings. The van der Waals surface area contributed by atoms with Gasteiger partial charge < -0.3 is 13.7 Å². The number of hydrazone groups is 1. The van der Waals surface area contributed by atoms with E-state index in [1.54, 1.807) is 37.3 Å². The SMILES string of the molecule is CCOCCn1c(C(F)(F)F)c(/C=N/NC(=O)c2cc3c(o2)C=CC(C)C3)c2ccccc21. The van der Waals surface area contributed by atoms with Gasteiger partial charge in [0.05, 0.1) is 12.8 Å². The van der Waals surface area contributed by atoms with E-state index in [1.165, 1.54) is 4.57 Å². The summed E-state index contributed by atoms with van der Waals surface area (Å²) in [6, 6.07) is 8.19. The number of fused-ring (bicyclic) bond motifs is 2. The summed E-state index contributed by atoms with van der Waals surface area (Å²) in [4.78, 5) is 12.5. The number of rotatable bonds is 7. The van der Waals surface area contributed by atoms with Crippen molar-refractivity contribution in [3.05, 3.63) is 64.7 Å². The van der Waals surface area contributed by atoms with Crippen LogP contribution in [0.5, 0.6) is 0 Å². The third-order valence-electron chi connectivity index (χ3n) is 5.49. The standard InChI is InChI=1S/C24H24F3N3O3/c1-3-32-11-10-30-19-7-5-4-6-17(19)18(22(30)24(25,26)27)14-28-29-23(31)21-13-16-12-15(2)8-9-20(16)33-21/h4-9,13-15H,3,10-12H2,1-2H3,(H,29,31)/b28-14+. The van der Waals surface area contributed by atoms with Gasteiger partial charge in [0.25, 0.3) is 0 Å². The van der Waals surface area contributed by atoms with Crippen molar-refractivity contribution in [3.8, 4) is 0 Å². The Morgan fingerprint density at radius 2 is 2.15 bits per heavy atom. The predicted molar refractivity (Wildman–Crippen MR) is 119 cm³/mol. The number of nitrogens with one attached hydrogen (secondary N) is 1. The van der Waals surface area contributed by atoms with E-state index in [0.717, 1.165) is 18.2 Å². The number of aromatic nitrogens is 1. The van der Waals surface area contributed by atoms with Crippen LogP contribution in [0.1, 0.15) is 47.0 Å². The summed E-state index contributed by atoms with van der Waals surface area (Å²) in [5.74, 6) is 0.380. The van der Waals surface area contributed by atoms with Gasteiger partial charge in [0, 0.05) is 29.6 Å². The normalized spacial score (nSPS) is 16.0. The summed E-state index contributed by atoms with van der Waals surface area (Å²) in [5, 5.41) is 4.21. The van der Waals surface area contributed by atoms with Gasteiger partial charge in [0.15, 0.2) is 5.76 Å². The number of ether oxygens (including phenoxy) is 1. The quantitative estimate of drug-likeness (QED) is 0.298. The van der Waals surface area contributed by atoms with Gasteiger partial charge in [-0.3, -0.25) is 4.79 Å². The van der Waals surface area contributed by atoms with Gasteiger partial charge in [-0.05, 0) is 43.0 Å². The molecule has 9 heteroatoms. The van der Waals surface area contributed by atoms with Crippen LogP contribution < -0.4 is 5.43 Å². The third-order valence-corrected chi connectivity index (χ3v) is 5.49. The molecule has 33 heavy (non-hydrogen) atoms. The van der Waals surface area contributed by atoms with Crippen molar-refractivity contribution in [2.45, 2.75) is 33.0 Å². The zero-order valence-electron chi connectivity index (χ0n) is 18.3. The second-order valence-corrected chi connectivity index (χ2v) is 7.87. The van der Waals surface area contributed by atoms with Crippen LogP contribution in [0, 0.1) is 5.92 Å². The highest BCUT2D eigenvalue weighted by Crippen LogP contribution is 2.37. The molecule has 2 heterocycles. The molecule has 0 bridgehead atoms. The molecule has 2 aromatic heterocycles. The number of furan rings is 1. The van der Waals surface area contributed by atoms with Crippen LogP contribution >= 0.6 is 0 Å². The lowest BCUT2D eigenvalue weighted by Crippen LogP contribution is -2.19. The van der Waals surface area contributed by atoms with E-state index in [1.807, 2.05) is 12.2 Å². The summed E-state index contributed by atoms with van der Waals surface area (Å²) in [6.45, 7) is 4.42. The van der Waals surface area contributed by atoms with Crippen molar-refractivity contribution >= 4 is 29.1 Å². The summed E-state index contributed by atoms with van der Waals surface area (Å²) in [6.07, 6.45) is 0.967. The summed E-state index contributed by atoms with van der Waals surface area (Å²) in [5.41, 5.74) is 2.65. The average molecular weight is 459 g/mol. The highest BCUT2D eigenvalue weighted by molar-refractivity contribution is 6.02. The number of halogens is 3. The van der Waals surface area contributed by atoms with Crippen LogP contribution in [0.25, 0.3) is 17.0 Å². The van der Waals surface area contributed by atoms with Crippen LogP contribution in [0.4, 0.5) is 13.2 Å². The molecule has 0 saturated carbocycles. The number of carbonyl (C=O) groups excluding carboxylic acids is 1. The lowest BCUT2D eigenvalue weighted by atomic mass is 9.96. The molecule has 1 aliphatic rings. The second-order valence-electron chi connectivity index (χ2n) is 7.87. The van der Waals surface area contributed by atoms with Crippen molar-refractivity contribution in [2.75, 3.05) is 13.2 Å². The fourth-order valence-electron chi connectivity index (χ4n) is 4.03. The first-order valence-electron chi connectivity index (χ1n) is 10.7. The van der Waals surface area contributed by atoms with Crippen molar-refractivity contribution in [1.82, 2.24) is 9.99 Å². The Hall–Kier alpha value is -3.33. The monoisotopic (exact) mass is 459 g/mol. The van der Waals surface area contributed by atoms with Crippen molar-refractivity contribution in [1.29, 1.82) is 0 Å². The molecule has 1 N–H and O–H groups in total. The van der Waals surface area contributed by atoms with Gasteiger partial charge in [0.2, 0.25) is 0 Å². The van der Waals surface area contributed by atoms with E-state index in [4.69, 9.17) is 9.15 Å². The van der Waals surface area contributed by atoms with Gasteiger partial charge in [-0.1, -0.05) is 31.2 Å². The Kier molecular flexibility index (Phi) is 6.42. The smallest absolute Gasteiger partial charge is 0.432 e. The Morgan fingerprint density at radius 1 is 1.36 bits per heavy atom. The summed E-state index contributed by atoms with van der Waals surface area (Å²) >= 11 is 0. The van der Waals surface area contributed by atoms with Crippen LogP contribution in [0.3, 0.4) is 0 Å². The molecule has 1 unspecified atom stereocenters. The summed E-state index contributed by atoms with van der Waals surface area (Å²) in [7, 11) is 0. The number of para-hydroxylation sites is 1. The molecular weight excluding hydrogens is 435 g/mol.